The fourth-order valence-corrected chi connectivity index (χ4v) is 2.78. The van der Waals surface area contributed by atoms with E-state index in [-0.39, 0.29) is 5.91 Å². The number of H-pyrrole nitrogens is 1. The van der Waals surface area contributed by atoms with Gasteiger partial charge in [0.05, 0.1) is 5.39 Å². The van der Waals surface area contributed by atoms with E-state index >= 15 is 0 Å². The predicted molar refractivity (Wildman–Crippen MR) is 103 cm³/mol. The second kappa shape index (κ2) is 6.68. The third-order valence-electron chi connectivity index (χ3n) is 4.11. The lowest BCUT2D eigenvalue weighted by molar-refractivity contribution is 0.102. The van der Waals surface area contributed by atoms with Gasteiger partial charge in [0.2, 0.25) is 0 Å². The van der Waals surface area contributed by atoms with E-state index in [9.17, 15) is 4.79 Å². The first-order valence-corrected chi connectivity index (χ1v) is 8.23. The van der Waals surface area contributed by atoms with E-state index in [1.54, 1.807) is 12.1 Å². The van der Waals surface area contributed by atoms with E-state index in [1.165, 1.54) is 6.33 Å². The van der Waals surface area contributed by atoms with Crippen molar-refractivity contribution in [2.24, 2.45) is 0 Å². The average Bonchev–Trinajstić information content (AvgIpc) is 3.06. The SMILES string of the molecule is Cc1c[nH]c2ncnc(Nc3ccc(NC(=O)c4ccccc4)cc3)c12. The summed E-state index contributed by atoms with van der Waals surface area (Å²) in [6.45, 7) is 2.01. The molecule has 0 atom stereocenters. The van der Waals surface area contributed by atoms with Crippen molar-refractivity contribution < 1.29 is 4.79 Å². The van der Waals surface area contributed by atoms with Gasteiger partial charge in [0.25, 0.3) is 5.91 Å². The minimum Gasteiger partial charge on any atom is -0.346 e. The van der Waals surface area contributed by atoms with Gasteiger partial charge in [0, 0.05) is 23.1 Å². The zero-order chi connectivity index (χ0) is 17.9. The largest absolute Gasteiger partial charge is 0.346 e. The van der Waals surface area contributed by atoms with Gasteiger partial charge in [-0.2, -0.15) is 0 Å². The molecule has 4 aromatic rings. The number of aromatic nitrogens is 3. The van der Waals surface area contributed by atoms with E-state index in [0.717, 1.165) is 33.8 Å². The molecule has 26 heavy (non-hydrogen) atoms. The molecule has 0 aliphatic rings. The van der Waals surface area contributed by atoms with Crippen molar-refractivity contribution in [2.45, 2.75) is 6.92 Å². The molecule has 0 fully saturated rings. The van der Waals surface area contributed by atoms with Crippen LogP contribution in [0.15, 0.2) is 67.1 Å². The van der Waals surface area contributed by atoms with E-state index in [4.69, 9.17) is 0 Å². The van der Waals surface area contributed by atoms with Crippen LogP contribution in [-0.4, -0.2) is 20.9 Å². The summed E-state index contributed by atoms with van der Waals surface area (Å²) in [4.78, 5) is 23.9. The monoisotopic (exact) mass is 343 g/mol. The number of benzene rings is 2. The predicted octanol–water partition coefficient (Wildman–Crippen LogP) is 4.26. The normalized spacial score (nSPS) is 10.7. The summed E-state index contributed by atoms with van der Waals surface area (Å²) in [5, 5.41) is 7.16. The topological polar surface area (TPSA) is 82.7 Å². The molecule has 1 amide bonds. The quantitative estimate of drug-likeness (QED) is 0.517. The molecule has 0 bridgehead atoms. The van der Waals surface area contributed by atoms with Crippen LogP contribution in [0.2, 0.25) is 0 Å². The Balaban J connectivity index is 1.51. The van der Waals surface area contributed by atoms with Crippen LogP contribution >= 0.6 is 0 Å². The molecule has 3 N–H and O–H groups in total. The highest BCUT2D eigenvalue weighted by atomic mass is 16.1. The van der Waals surface area contributed by atoms with E-state index in [2.05, 4.69) is 25.6 Å². The van der Waals surface area contributed by atoms with Gasteiger partial charge in [-0.3, -0.25) is 4.79 Å². The Morgan fingerprint density at radius 2 is 1.69 bits per heavy atom. The number of amides is 1. The van der Waals surface area contributed by atoms with Crippen LogP contribution in [0.1, 0.15) is 15.9 Å². The number of aromatic amines is 1. The highest BCUT2D eigenvalue weighted by molar-refractivity contribution is 6.04. The molecule has 0 unspecified atom stereocenters. The highest BCUT2D eigenvalue weighted by Crippen LogP contribution is 2.26. The molecule has 2 aromatic carbocycles. The van der Waals surface area contributed by atoms with Gasteiger partial charge in [0.15, 0.2) is 0 Å². The first kappa shape index (κ1) is 15.8. The van der Waals surface area contributed by atoms with Crippen molar-refractivity contribution in [1.82, 2.24) is 15.0 Å². The molecule has 6 nitrogen and oxygen atoms in total. The molecule has 6 heteroatoms. The smallest absolute Gasteiger partial charge is 0.255 e. The molecule has 0 spiro atoms. The number of hydrogen-bond donors (Lipinski definition) is 3. The minimum absolute atomic E-state index is 0.133. The number of anilines is 3. The average molecular weight is 343 g/mol. The lowest BCUT2D eigenvalue weighted by atomic mass is 10.2. The number of carbonyl (C=O) groups is 1. The Bertz CT molecular complexity index is 1050. The summed E-state index contributed by atoms with van der Waals surface area (Å²) in [7, 11) is 0. The van der Waals surface area contributed by atoms with E-state index in [0.29, 0.717) is 5.56 Å². The number of rotatable bonds is 4. The van der Waals surface area contributed by atoms with Crippen molar-refractivity contribution in [1.29, 1.82) is 0 Å². The van der Waals surface area contributed by atoms with Gasteiger partial charge < -0.3 is 15.6 Å². The Labute approximate surface area is 150 Å². The maximum Gasteiger partial charge on any atom is 0.255 e. The fourth-order valence-electron chi connectivity index (χ4n) is 2.78. The molecule has 2 heterocycles. The Hall–Kier alpha value is -3.67. The lowest BCUT2D eigenvalue weighted by Gasteiger charge is -2.09. The maximum absolute atomic E-state index is 12.2. The summed E-state index contributed by atoms with van der Waals surface area (Å²) in [6.07, 6.45) is 3.43. The maximum atomic E-state index is 12.2. The van der Waals surface area contributed by atoms with Gasteiger partial charge in [-0.05, 0) is 48.9 Å². The van der Waals surface area contributed by atoms with E-state index < -0.39 is 0 Å². The van der Waals surface area contributed by atoms with Crippen LogP contribution in [-0.2, 0) is 0 Å². The van der Waals surface area contributed by atoms with Crippen molar-refractivity contribution in [2.75, 3.05) is 10.6 Å². The molecule has 128 valence electrons. The van der Waals surface area contributed by atoms with Gasteiger partial charge >= 0.3 is 0 Å². The van der Waals surface area contributed by atoms with Crippen molar-refractivity contribution in [3.63, 3.8) is 0 Å². The number of aryl methyl sites for hydroxylation is 1. The fraction of sp³-hybridized carbons (Fsp3) is 0.0500. The Morgan fingerprint density at radius 3 is 2.46 bits per heavy atom. The highest BCUT2D eigenvalue weighted by Gasteiger charge is 2.09. The number of carbonyl (C=O) groups excluding carboxylic acids is 1. The summed E-state index contributed by atoms with van der Waals surface area (Å²) < 4.78 is 0. The number of hydrogen-bond acceptors (Lipinski definition) is 4. The van der Waals surface area contributed by atoms with Crippen LogP contribution in [0.4, 0.5) is 17.2 Å². The van der Waals surface area contributed by atoms with Gasteiger partial charge in [0.1, 0.15) is 17.8 Å². The van der Waals surface area contributed by atoms with Gasteiger partial charge in [-0.1, -0.05) is 18.2 Å². The third kappa shape index (κ3) is 3.12. The second-order valence-corrected chi connectivity index (χ2v) is 5.94. The molecular formula is C20H17N5O. The third-order valence-corrected chi connectivity index (χ3v) is 4.11. The summed E-state index contributed by atoms with van der Waals surface area (Å²) >= 11 is 0. The zero-order valence-electron chi connectivity index (χ0n) is 14.2. The molecule has 0 saturated heterocycles. The lowest BCUT2D eigenvalue weighted by Crippen LogP contribution is -2.11. The standard InChI is InChI=1S/C20H17N5O/c1-13-11-21-18-17(13)19(23-12-22-18)24-15-7-9-16(10-8-15)25-20(26)14-5-3-2-4-6-14/h2-12H,1H3,(H,25,26)(H2,21,22,23,24). The van der Waals surface area contributed by atoms with Crippen LogP contribution in [0.25, 0.3) is 11.0 Å². The van der Waals surface area contributed by atoms with Gasteiger partial charge in [-0.15, -0.1) is 0 Å². The van der Waals surface area contributed by atoms with Crippen LogP contribution in [0.5, 0.6) is 0 Å². The molecule has 0 aliphatic carbocycles. The number of fused-ring (bicyclic) bond motifs is 1. The summed E-state index contributed by atoms with van der Waals surface area (Å²) in [6, 6.07) is 16.6. The molecule has 0 aliphatic heterocycles. The Kier molecular flexibility index (Phi) is 4.07. The molecule has 4 rings (SSSR count). The first-order valence-electron chi connectivity index (χ1n) is 8.23. The number of nitrogens with one attached hydrogen (secondary N) is 3. The summed E-state index contributed by atoms with van der Waals surface area (Å²) in [5.41, 5.74) is 4.11. The van der Waals surface area contributed by atoms with Crippen LogP contribution in [0.3, 0.4) is 0 Å². The summed E-state index contributed by atoms with van der Waals surface area (Å²) in [5.74, 6) is 0.613. The second-order valence-electron chi connectivity index (χ2n) is 5.94. The van der Waals surface area contributed by atoms with Gasteiger partial charge in [-0.25, -0.2) is 9.97 Å². The van der Waals surface area contributed by atoms with Crippen molar-refractivity contribution in [3.05, 3.63) is 78.2 Å². The molecule has 2 aromatic heterocycles. The Morgan fingerprint density at radius 1 is 0.962 bits per heavy atom. The minimum atomic E-state index is -0.133. The van der Waals surface area contributed by atoms with E-state index in [1.807, 2.05) is 55.6 Å². The molecule has 0 saturated carbocycles. The zero-order valence-corrected chi connectivity index (χ0v) is 14.2. The first-order chi connectivity index (χ1) is 12.7. The molecule has 0 radical (unpaired) electrons. The van der Waals surface area contributed by atoms with Crippen molar-refractivity contribution >= 4 is 34.1 Å². The van der Waals surface area contributed by atoms with Crippen LogP contribution < -0.4 is 10.6 Å². The van der Waals surface area contributed by atoms with Crippen LogP contribution in [0, 0.1) is 6.92 Å². The number of nitrogens with zero attached hydrogens (tertiary/aromatic N) is 2. The molecular weight excluding hydrogens is 326 g/mol. The van der Waals surface area contributed by atoms with Crippen molar-refractivity contribution in [3.8, 4) is 0 Å².